The average Bonchev–Trinajstić information content (AvgIpc) is 2.34. The van der Waals surface area contributed by atoms with Gasteiger partial charge in [0.25, 0.3) is 10.0 Å². The van der Waals surface area contributed by atoms with Crippen molar-refractivity contribution in [1.82, 2.24) is 0 Å². The molecule has 0 bridgehead atoms. The van der Waals surface area contributed by atoms with Crippen molar-refractivity contribution >= 4 is 37.3 Å². The summed E-state index contributed by atoms with van der Waals surface area (Å²) in [6.07, 6.45) is 0. The second-order valence-corrected chi connectivity index (χ2v) is 6.29. The Balaban J connectivity index is 2.46. The van der Waals surface area contributed by atoms with Crippen LogP contribution in [0.25, 0.3) is 0 Å². The van der Waals surface area contributed by atoms with Crippen molar-refractivity contribution in [1.29, 1.82) is 0 Å². The van der Waals surface area contributed by atoms with Gasteiger partial charge >= 0.3 is 0 Å². The van der Waals surface area contributed by atoms with E-state index in [2.05, 4.69) is 20.7 Å². The third kappa shape index (κ3) is 3.05. The molecule has 2 rings (SSSR count). The first-order chi connectivity index (χ1) is 8.90. The normalized spacial score (nSPS) is 11.3. The van der Waals surface area contributed by atoms with E-state index in [0.717, 1.165) is 6.07 Å². The average molecular weight is 345 g/mol. The quantitative estimate of drug-likeness (QED) is 0.840. The van der Waals surface area contributed by atoms with Gasteiger partial charge in [-0.25, -0.2) is 12.8 Å². The third-order valence-electron chi connectivity index (χ3n) is 2.33. The Labute approximate surface area is 118 Å². The third-order valence-corrected chi connectivity index (χ3v) is 4.29. The van der Waals surface area contributed by atoms with Gasteiger partial charge in [-0.15, -0.1) is 0 Å². The van der Waals surface area contributed by atoms with Crippen LogP contribution in [0.15, 0.2) is 51.8 Å². The van der Waals surface area contributed by atoms with Gasteiger partial charge in [-0.05, 0) is 40.2 Å². The molecule has 0 unspecified atom stereocenters. The van der Waals surface area contributed by atoms with Gasteiger partial charge in [-0.2, -0.15) is 0 Å². The van der Waals surface area contributed by atoms with E-state index < -0.39 is 20.7 Å². The van der Waals surface area contributed by atoms with Crippen LogP contribution in [0.3, 0.4) is 0 Å². The number of rotatable bonds is 3. The number of halogens is 2. The lowest BCUT2D eigenvalue weighted by Gasteiger charge is -2.10. The van der Waals surface area contributed by atoms with Gasteiger partial charge in [0.2, 0.25) is 0 Å². The fourth-order valence-corrected chi connectivity index (χ4v) is 3.30. The summed E-state index contributed by atoms with van der Waals surface area (Å²) in [7, 11) is -4.02. The van der Waals surface area contributed by atoms with Crippen LogP contribution in [-0.4, -0.2) is 8.42 Å². The maximum atomic E-state index is 13.9. The molecule has 19 heavy (non-hydrogen) atoms. The van der Waals surface area contributed by atoms with Crippen LogP contribution in [0.4, 0.5) is 15.8 Å². The number of anilines is 2. The number of nitrogens with one attached hydrogen (secondary N) is 1. The molecule has 0 aliphatic rings. The molecule has 0 atom stereocenters. The van der Waals surface area contributed by atoms with E-state index in [4.69, 9.17) is 5.73 Å². The predicted octanol–water partition coefficient (Wildman–Crippen LogP) is 2.97. The minimum Gasteiger partial charge on any atom is -0.399 e. The lowest BCUT2D eigenvalue weighted by Crippen LogP contribution is -2.15. The molecule has 0 aromatic heterocycles. The summed E-state index contributed by atoms with van der Waals surface area (Å²) in [5.41, 5.74) is 6.03. The van der Waals surface area contributed by atoms with Crippen molar-refractivity contribution in [3.05, 3.63) is 52.8 Å². The van der Waals surface area contributed by atoms with Crippen LogP contribution in [0.5, 0.6) is 0 Å². The van der Waals surface area contributed by atoms with Crippen LogP contribution < -0.4 is 10.5 Å². The zero-order valence-corrected chi connectivity index (χ0v) is 12.0. The molecule has 100 valence electrons. The highest BCUT2D eigenvalue weighted by Gasteiger charge is 2.21. The van der Waals surface area contributed by atoms with E-state index in [1.807, 2.05) is 0 Å². The summed E-state index contributed by atoms with van der Waals surface area (Å²) in [6.45, 7) is 0. The van der Waals surface area contributed by atoms with Gasteiger partial charge in [0, 0.05) is 11.4 Å². The van der Waals surface area contributed by atoms with E-state index in [1.165, 1.54) is 6.07 Å². The van der Waals surface area contributed by atoms with Crippen molar-refractivity contribution in [2.75, 3.05) is 10.5 Å². The fourth-order valence-electron chi connectivity index (χ4n) is 1.50. The molecule has 2 aromatic rings. The maximum Gasteiger partial charge on any atom is 0.264 e. The molecule has 0 saturated heterocycles. The topological polar surface area (TPSA) is 72.2 Å². The summed E-state index contributed by atoms with van der Waals surface area (Å²) in [5, 5.41) is 0. The highest BCUT2D eigenvalue weighted by atomic mass is 79.9. The predicted molar refractivity (Wildman–Crippen MR) is 75.8 cm³/mol. The van der Waals surface area contributed by atoms with E-state index in [1.54, 1.807) is 30.3 Å². The van der Waals surface area contributed by atoms with Crippen molar-refractivity contribution in [2.45, 2.75) is 4.90 Å². The van der Waals surface area contributed by atoms with Crippen LogP contribution >= 0.6 is 15.9 Å². The van der Waals surface area contributed by atoms with E-state index in [9.17, 15) is 12.8 Å². The summed E-state index contributed by atoms with van der Waals surface area (Å²) in [4.78, 5) is -0.497. The SMILES string of the molecule is Nc1cc(Br)c(F)c(S(=O)(=O)Nc2ccccc2)c1. The van der Waals surface area contributed by atoms with Gasteiger partial charge in [0.05, 0.1) is 4.47 Å². The Kier molecular flexibility index (Phi) is 3.77. The molecule has 7 heteroatoms. The summed E-state index contributed by atoms with van der Waals surface area (Å²) < 4.78 is 40.3. The highest BCUT2D eigenvalue weighted by Crippen LogP contribution is 2.27. The Bertz CT molecular complexity index is 705. The number of para-hydroxylation sites is 1. The Morgan fingerprint density at radius 3 is 2.42 bits per heavy atom. The van der Waals surface area contributed by atoms with Crippen LogP contribution in [0.2, 0.25) is 0 Å². The van der Waals surface area contributed by atoms with Crippen molar-refractivity contribution < 1.29 is 12.8 Å². The van der Waals surface area contributed by atoms with Gasteiger partial charge < -0.3 is 5.73 Å². The molecular weight excluding hydrogens is 335 g/mol. The number of hydrogen-bond donors (Lipinski definition) is 2. The minimum atomic E-state index is -4.02. The van der Waals surface area contributed by atoms with Crippen LogP contribution in [0.1, 0.15) is 0 Å². The molecule has 0 spiro atoms. The number of sulfonamides is 1. The number of nitrogen functional groups attached to an aromatic ring is 1. The van der Waals surface area contributed by atoms with E-state index in [-0.39, 0.29) is 10.2 Å². The Morgan fingerprint density at radius 1 is 1.16 bits per heavy atom. The van der Waals surface area contributed by atoms with Gasteiger partial charge in [0.15, 0.2) is 5.82 Å². The maximum absolute atomic E-state index is 13.9. The lowest BCUT2D eigenvalue weighted by atomic mass is 10.3. The summed E-state index contributed by atoms with van der Waals surface area (Å²) >= 11 is 2.93. The molecule has 0 radical (unpaired) electrons. The smallest absolute Gasteiger partial charge is 0.264 e. The molecule has 0 heterocycles. The Hall–Kier alpha value is -1.60. The van der Waals surface area contributed by atoms with Crippen molar-refractivity contribution in [2.24, 2.45) is 0 Å². The number of nitrogens with two attached hydrogens (primary N) is 1. The van der Waals surface area contributed by atoms with Crippen LogP contribution in [-0.2, 0) is 10.0 Å². The zero-order valence-electron chi connectivity index (χ0n) is 9.60. The molecule has 0 aliphatic heterocycles. The molecule has 0 aliphatic carbocycles. The summed E-state index contributed by atoms with van der Waals surface area (Å²) in [6, 6.07) is 10.6. The van der Waals surface area contributed by atoms with Gasteiger partial charge in [0.1, 0.15) is 4.90 Å². The van der Waals surface area contributed by atoms with Gasteiger partial charge in [-0.1, -0.05) is 18.2 Å². The first-order valence-corrected chi connectivity index (χ1v) is 7.50. The minimum absolute atomic E-state index is 0.000867. The standard InChI is InChI=1S/C12H10BrFN2O2S/c13-10-6-8(15)7-11(12(10)14)19(17,18)16-9-4-2-1-3-5-9/h1-7,16H,15H2. The molecule has 3 N–H and O–H groups in total. The van der Waals surface area contributed by atoms with Gasteiger partial charge in [-0.3, -0.25) is 4.72 Å². The molecule has 4 nitrogen and oxygen atoms in total. The molecular formula is C12H10BrFN2O2S. The molecule has 0 saturated carbocycles. The molecule has 0 amide bonds. The molecule has 2 aromatic carbocycles. The zero-order chi connectivity index (χ0) is 14.0. The van der Waals surface area contributed by atoms with E-state index >= 15 is 0 Å². The van der Waals surface area contributed by atoms with E-state index in [0.29, 0.717) is 5.69 Å². The molecule has 0 fully saturated rings. The monoisotopic (exact) mass is 344 g/mol. The highest BCUT2D eigenvalue weighted by molar-refractivity contribution is 9.10. The second kappa shape index (κ2) is 5.18. The fraction of sp³-hybridized carbons (Fsp3) is 0. The largest absolute Gasteiger partial charge is 0.399 e. The van der Waals surface area contributed by atoms with Crippen molar-refractivity contribution in [3.63, 3.8) is 0 Å². The summed E-state index contributed by atoms with van der Waals surface area (Å²) in [5.74, 6) is -0.877. The second-order valence-electron chi connectivity index (χ2n) is 3.79. The number of hydrogen-bond acceptors (Lipinski definition) is 3. The first-order valence-electron chi connectivity index (χ1n) is 5.22. The first kappa shape index (κ1) is 13.8. The van der Waals surface area contributed by atoms with Crippen molar-refractivity contribution in [3.8, 4) is 0 Å². The van der Waals surface area contributed by atoms with Crippen LogP contribution in [0, 0.1) is 5.82 Å². The number of benzene rings is 2. The Morgan fingerprint density at radius 2 is 1.79 bits per heavy atom. The lowest BCUT2D eigenvalue weighted by molar-refractivity contribution is 0.567.